The molecule has 6 nitrogen and oxygen atoms in total. The van der Waals surface area contributed by atoms with Crippen LogP contribution in [0.15, 0.2) is 59.6 Å². The van der Waals surface area contributed by atoms with Crippen molar-refractivity contribution in [2.24, 2.45) is 10.9 Å². The van der Waals surface area contributed by atoms with Crippen LogP contribution in [0.2, 0.25) is 0 Å². The molecule has 0 unspecified atom stereocenters. The van der Waals surface area contributed by atoms with Gasteiger partial charge in [0.15, 0.2) is 0 Å². The van der Waals surface area contributed by atoms with Gasteiger partial charge in [-0.1, -0.05) is 24.3 Å². The van der Waals surface area contributed by atoms with E-state index < -0.39 is 18.1 Å². The first kappa shape index (κ1) is 22.7. The van der Waals surface area contributed by atoms with Gasteiger partial charge in [-0.15, -0.1) is 0 Å². The first-order valence-electron chi connectivity index (χ1n) is 12.2. The van der Waals surface area contributed by atoms with Gasteiger partial charge in [-0.05, 0) is 55.2 Å². The summed E-state index contributed by atoms with van der Waals surface area (Å²) in [5.41, 5.74) is 9.44. The fourth-order valence-electron chi connectivity index (χ4n) is 5.52. The Balaban J connectivity index is 1.16. The number of fused-ring (bicyclic) bond motifs is 4. The number of allylic oxidation sites excluding steroid dienone is 2. The summed E-state index contributed by atoms with van der Waals surface area (Å²) in [5, 5.41) is 2.84. The van der Waals surface area contributed by atoms with Gasteiger partial charge in [0.2, 0.25) is 0 Å². The first-order valence-corrected chi connectivity index (χ1v) is 12.2. The molecule has 1 aromatic heterocycles. The van der Waals surface area contributed by atoms with Crippen LogP contribution in [-0.2, 0) is 12.8 Å². The van der Waals surface area contributed by atoms with Gasteiger partial charge in [0.1, 0.15) is 0 Å². The predicted octanol–water partition coefficient (Wildman–Crippen LogP) is 5.54. The zero-order valence-electron chi connectivity index (χ0n) is 19.6. The number of carbonyl (C=O) groups excluding carboxylic acids is 1. The number of nitrogens with one attached hydrogen (secondary N) is 2. The fraction of sp³-hybridized carbons (Fsp3) is 0.333. The van der Waals surface area contributed by atoms with Crippen LogP contribution >= 0.6 is 0 Å². The molecule has 2 aliphatic heterocycles. The minimum absolute atomic E-state index is 0.121. The number of hydrogen-bond donors (Lipinski definition) is 2. The number of halogens is 3. The molecule has 0 radical (unpaired) electrons. The van der Waals surface area contributed by atoms with Gasteiger partial charge in [-0.3, -0.25) is 5.01 Å². The Morgan fingerprint density at radius 3 is 2.69 bits per heavy atom. The van der Waals surface area contributed by atoms with Gasteiger partial charge in [-0.2, -0.15) is 18.2 Å². The number of aliphatic imine (C=N–C) groups is 1. The molecule has 0 saturated carbocycles. The summed E-state index contributed by atoms with van der Waals surface area (Å²) in [6.07, 6.45) is 1.51. The van der Waals surface area contributed by atoms with E-state index in [9.17, 15) is 18.0 Å². The maximum Gasteiger partial charge on any atom is 0.391 e. The van der Waals surface area contributed by atoms with E-state index >= 15 is 0 Å². The third-order valence-electron chi connectivity index (χ3n) is 7.37. The summed E-state index contributed by atoms with van der Waals surface area (Å²) in [4.78, 5) is 22.7. The molecule has 0 atom stereocenters. The number of hydrazine groups is 1. The third-order valence-corrected chi connectivity index (χ3v) is 7.37. The van der Waals surface area contributed by atoms with E-state index in [-0.39, 0.29) is 12.8 Å². The van der Waals surface area contributed by atoms with E-state index in [0.29, 0.717) is 25.3 Å². The summed E-state index contributed by atoms with van der Waals surface area (Å²) in [7, 11) is 0. The second-order valence-corrected chi connectivity index (χ2v) is 9.56. The molecule has 2 amide bonds. The minimum atomic E-state index is -4.12. The Kier molecular flexibility index (Phi) is 5.50. The molecule has 3 aliphatic rings. The molecule has 3 aromatic rings. The molecule has 6 rings (SSSR count). The van der Waals surface area contributed by atoms with Crippen molar-refractivity contribution in [2.45, 2.75) is 31.9 Å². The van der Waals surface area contributed by atoms with E-state index in [1.807, 2.05) is 59.5 Å². The number of benzene rings is 2. The lowest BCUT2D eigenvalue weighted by Gasteiger charge is -2.34. The van der Waals surface area contributed by atoms with Gasteiger partial charge < -0.3 is 9.88 Å². The molecular formula is C27H26F3N5O. The van der Waals surface area contributed by atoms with Crippen LogP contribution in [-0.4, -0.2) is 42.5 Å². The molecule has 1 fully saturated rings. The molecule has 3 heterocycles. The van der Waals surface area contributed by atoms with Crippen molar-refractivity contribution in [2.75, 3.05) is 29.5 Å². The van der Waals surface area contributed by atoms with Crippen LogP contribution < -0.4 is 15.3 Å². The van der Waals surface area contributed by atoms with E-state index in [0.717, 1.165) is 51.9 Å². The normalized spacial score (nSPS) is 19.1. The number of carbonyl (C=O) groups is 1. The Labute approximate surface area is 206 Å². The van der Waals surface area contributed by atoms with Crippen molar-refractivity contribution in [3.8, 4) is 0 Å². The average Bonchev–Trinajstić information content (AvgIpc) is 3.45. The maximum absolute atomic E-state index is 13.0. The zero-order chi connectivity index (χ0) is 24.9. The van der Waals surface area contributed by atoms with E-state index in [2.05, 4.69) is 15.4 Å². The van der Waals surface area contributed by atoms with Gasteiger partial charge >= 0.3 is 12.2 Å². The quantitative estimate of drug-likeness (QED) is 0.493. The number of alkyl halides is 3. The number of urea groups is 1. The highest BCUT2D eigenvalue weighted by Gasteiger charge is 2.41. The lowest BCUT2D eigenvalue weighted by molar-refractivity contribution is -0.179. The molecule has 2 aromatic carbocycles. The number of amides is 2. The Morgan fingerprint density at radius 2 is 1.89 bits per heavy atom. The number of para-hydroxylation sites is 1. The summed E-state index contributed by atoms with van der Waals surface area (Å²) in [6.45, 7) is 1.40. The summed E-state index contributed by atoms with van der Waals surface area (Å²) >= 11 is 0. The molecule has 9 heteroatoms. The third kappa shape index (κ3) is 4.12. The summed E-state index contributed by atoms with van der Waals surface area (Å²) in [5.74, 6) is -1.21. The standard InChI is InChI=1S/C27H26F3N5O/c28-27(29,30)18-11-13-34(14-12-18)19-8-9-24-17(16-19)10-15-35(24)33-26(36)32-23-7-3-6-22-25(23)20-4-1-2-5-21(20)31-22/h1-5,7-9,16,18,31H,6,10-15H2,(H,33,36). The second kappa shape index (κ2) is 8.72. The van der Waals surface area contributed by atoms with Gasteiger partial charge in [0, 0.05) is 53.9 Å². The van der Waals surface area contributed by atoms with Crippen molar-refractivity contribution in [1.82, 2.24) is 10.4 Å². The molecule has 36 heavy (non-hydrogen) atoms. The van der Waals surface area contributed by atoms with E-state index in [1.165, 1.54) is 0 Å². The molecule has 0 bridgehead atoms. The lowest BCUT2D eigenvalue weighted by Crippen LogP contribution is -2.40. The number of anilines is 2. The van der Waals surface area contributed by atoms with Crippen molar-refractivity contribution in [3.63, 3.8) is 0 Å². The number of aromatic nitrogens is 1. The van der Waals surface area contributed by atoms with E-state index in [4.69, 9.17) is 0 Å². The zero-order valence-corrected chi connectivity index (χ0v) is 19.6. The van der Waals surface area contributed by atoms with Crippen molar-refractivity contribution in [3.05, 3.63) is 71.4 Å². The number of piperidine rings is 1. The maximum atomic E-state index is 13.0. The van der Waals surface area contributed by atoms with E-state index in [1.54, 1.807) is 5.01 Å². The van der Waals surface area contributed by atoms with Crippen LogP contribution in [0.4, 0.5) is 29.3 Å². The molecule has 1 saturated heterocycles. The van der Waals surface area contributed by atoms with Crippen molar-refractivity contribution in [1.29, 1.82) is 0 Å². The second-order valence-electron chi connectivity index (χ2n) is 9.56. The number of hydrogen-bond acceptors (Lipinski definition) is 3. The molecule has 0 spiro atoms. The van der Waals surface area contributed by atoms with Crippen LogP contribution in [0, 0.1) is 5.92 Å². The number of H-pyrrole nitrogens is 1. The van der Waals surface area contributed by atoms with Crippen molar-refractivity contribution >= 4 is 34.0 Å². The van der Waals surface area contributed by atoms with Crippen LogP contribution in [0.5, 0.6) is 0 Å². The smallest absolute Gasteiger partial charge is 0.371 e. The molecule has 1 aliphatic carbocycles. The number of rotatable bonds is 2. The highest BCUT2D eigenvalue weighted by molar-refractivity contribution is 6.20. The highest BCUT2D eigenvalue weighted by atomic mass is 19.4. The summed E-state index contributed by atoms with van der Waals surface area (Å²) in [6, 6.07) is 13.4. The SMILES string of the molecule is O=C(N=C1C=CCc2[nH]c3ccccc3c21)NN1CCc2cc(N3CCC(C(F)(F)F)CC3)ccc21. The average molecular weight is 494 g/mol. The predicted molar refractivity (Wildman–Crippen MR) is 135 cm³/mol. The Bertz CT molecular complexity index is 1380. The lowest BCUT2D eigenvalue weighted by atomic mass is 9.95. The monoisotopic (exact) mass is 493 g/mol. The molecule has 2 N–H and O–H groups in total. The van der Waals surface area contributed by atoms with Crippen LogP contribution in [0.25, 0.3) is 10.9 Å². The number of nitrogens with zero attached hydrogens (tertiary/aromatic N) is 3. The fourth-order valence-corrected chi connectivity index (χ4v) is 5.52. The van der Waals surface area contributed by atoms with Gasteiger partial charge in [0.25, 0.3) is 0 Å². The van der Waals surface area contributed by atoms with Crippen molar-refractivity contribution < 1.29 is 18.0 Å². The minimum Gasteiger partial charge on any atom is -0.371 e. The number of aromatic amines is 1. The molecular weight excluding hydrogens is 467 g/mol. The van der Waals surface area contributed by atoms with Gasteiger partial charge in [-0.25, -0.2) is 10.2 Å². The van der Waals surface area contributed by atoms with Crippen LogP contribution in [0.1, 0.15) is 29.7 Å². The largest absolute Gasteiger partial charge is 0.391 e. The topological polar surface area (TPSA) is 63.7 Å². The summed E-state index contributed by atoms with van der Waals surface area (Å²) < 4.78 is 39.0. The van der Waals surface area contributed by atoms with Gasteiger partial charge in [0.05, 0.1) is 17.3 Å². The molecule has 186 valence electrons. The highest BCUT2D eigenvalue weighted by Crippen LogP contribution is 2.37. The Hall–Kier alpha value is -3.75. The Morgan fingerprint density at radius 1 is 1.08 bits per heavy atom. The van der Waals surface area contributed by atoms with Crippen LogP contribution in [0.3, 0.4) is 0 Å². The first-order chi connectivity index (χ1) is 17.4.